The summed E-state index contributed by atoms with van der Waals surface area (Å²) < 4.78 is 29.0. The van der Waals surface area contributed by atoms with E-state index in [1.807, 2.05) is 6.07 Å². The van der Waals surface area contributed by atoms with E-state index in [2.05, 4.69) is 10.2 Å². The average Bonchev–Trinajstić information content (AvgIpc) is 2.68. The number of hydrogen-bond donors (Lipinski definition) is 0. The molecule has 3 nitrogen and oxygen atoms in total. The lowest BCUT2D eigenvalue weighted by atomic mass is 10.2. The standard InChI is InChI=1S/C9H6F2N2O/c10-7(11)9-13-12-8(14-9)6-4-2-1-3-5-6/h1-5,7H. The molecule has 0 amide bonds. The molecule has 72 valence electrons. The van der Waals surface area contributed by atoms with Crippen molar-refractivity contribution in [2.24, 2.45) is 0 Å². The van der Waals surface area contributed by atoms with Gasteiger partial charge in [0.25, 0.3) is 5.89 Å². The van der Waals surface area contributed by atoms with Gasteiger partial charge < -0.3 is 4.42 Å². The molecule has 0 spiro atoms. The van der Waals surface area contributed by atoms with E-state index in [4.69, 9.17) is 4.42 Å². The van der Waals surface area contributed by atoms with Crippen molar-refractivity contribution in [2.45, 2.75) is 6.43 Å². The molecule has 1 aromatic carbocycles. The molecule has 1 heterocycles. The first-order chi connectivity index (χ1) is 6.77. The van der Waals surface area contributed by atoms with E-state index < -0.39 is 12.3 Å². The molecular weight excluding hydrogens is 190 g/mol. The number of rotatable bonds is 2. The smallest absolute Gasteiger partial charge is 0.314 e. The van der Waals surface area contributed by atoms with Crippen LogP contribution in [0.25, 0.3) is 11.5 Å². The lowest BCUT2D eigenvalue weighted by Crippen LogP contribution is -1.81. The summed E-state index contributed by atoms with van der Waals surface area (Å²) in [7, 11) is 0. The molecule has 0 fully saturated rings. The fourth-order valence-corrected chi connectivity index (χ4v) is 1.02. The highest BCUT2D eigenvalue weighted by atomic mass is 19.3. The normalized spacial score (nSPS) is 10.8. The minimum atomic E-state index is -2.72. The van der Waals surface area contributed by atoms with Gasteiger partial charge in [-0.15, -0.1) is 10.2 Å². The van der Waals surface area contributed by atoms with Crippen molar-refractivity contribution in [1.29, 1.82) is 0 Å². The summed E-state index contributed by atoms with van der Waals surface area (Å²) in [4.78, 5) is 0. The molecule has 0 N–H and O–H groups in total. The Balaban J connectivity index is 2.34. The monoisotopic (exact) mass is 196 g/mol. The molecule has 2 rings (SSSR count). The topological polar surface area (TPSA) is 38.9 Å². The zero-order valence-corrected chi connectivity index (χ0v) is 7.02. The maximum absolute atomic E-state index is 12.1. The number of alkyl halides is 2. The third kappa shape index (κ3) is 1.61. The second-order valence-corrected chi connectivity index (χ2v) is 2.61. The summed E-state index contributed by atoms with van der Waals surface area (Å²) in [5.41, 5.74) is 0.631. The van der Waals surface area contributed by atoms with E-state index in [0.717, 1.165) is 0 Å². The van der Waals surface area contributed by atoms with Crippen LogP contribution in [0.2, 0.25) is 0 Å². The molecule has 14 heavy (non-hydrogen) atoms. The second-order valence-electron chi connectivity index (χ2n) is 2.61. The first-order valence-electron chi connectivity index (χ1n) is 3.94. The number of halogens is 2. The Labute approximate surface area is 78.4 Å². The zero-order chi connectivity index (χ0) is 9.97. The van der Waals surface area contributed by atoms with Crippen molar-refractivity contribution in [3.8, 4) is 11.5 Å². The molecule has 5 heteroatoms. The van der Waals surface area contributed by atoms with Crippen molar-refractivity contribution >= 4 is 0 Å². The van der Waals surface area contributed by atoms with Crippen LogP contribution in [0.4, 0.5) is 8.78 Å². The number of hydrogen-bond acceptors (Lipinski definition) is 3. The Bertz CT molecular complexity index is 414. The van der Waals surface area contributed by atoms with Gasteiger partial charge in [0.1, 0.15) is 0 Å². The Morgan fingerprint density at radius 1 is 1.07 bits per heavy atom. The number of nitrogens with zero attached hydrogens (tertiary/aromatic N) is 2. The van der Waals surface area contributed by atoms with Crippen LogP contribution in [0.5, 0.6) is 0 Å². The van der Waals surface area contributed by atoms with E-state index in [9.17, 15) is 8.78 Å². The molecule has 0 saturated heterocycles. The molecule has 2 aromatic rings. The zero-order valence-electron chi connectivity index (χ0n) is 7.02. The molecule has 1 aromatic heterocycles. The third-order valence-electron chi connectivity index (χ3n) is 1.65. The van der Waals surface area contributed by atoms with Gasteiger partial charge in [-0.2, -0.15) is 8.78 Å². The van der Waals surface area contributed by atoms with Crippen molar-refractivity contribution in [3.05, 3.63) is 36.2 Å². The van der Waals surface area contributed by atoms with Crippen LogP contribution in [0.1, 0.15) is 12.3 Å². The first kappa shape index (κ1) is 8.80. The molecule has 0 atom stereocenters. The minimum Gasteiger partial charge on any atom is -0.415 e. The molecule has 0 bridgehead atoms. The van der Waals surface area contributed by atoms with Gasteiger partial charge in [0, 0.05) is 5.56 Å². The molecule has 0 unspecified atom stereocenters. The van der Waals surface area contributed by atoms with Crippen molar-refractivity contribution in [3.63, 3.8) is 0 Å². The lowest BCUT2D eigenvalue weighted by molar-refractivity contribution is 0.116. The van der Waals surface area contributed by atoms with Crippen LogP contribution < -0.4 is 0 Å². The highest BCUT2D eigenvalue weighted by molar-refractivity contribution is 5.51. The molecule has 0 saturated carbocycles. The second kappa shape index (κ2) is 3.53. The predicted octanol–water partition coefficient (Wildman–Crippen LogP) is 2.67. The fraction of sp³-hybridized carbons (Fsp3) is 0.111. The summed E-state index contributed by atoms with van der Waals surface area (Å²) in [6.45, 7) is 0. The van der Waals surface area contributed by atoms with Gasteiger partial charge in [-0.3, -0.25) is 0 Å². The first-order valence-corrected chi connectivity index (χ1v) is 3.94. The quantitative estimate of drug-likeness (QED) is 0.741. The van der Waals surface area contributed by atoms with Crippen LogP contribution in [0.15, 0.2) is 34.7 Å². The minimum absolute atomic E-state index is 0.112. The van der Waals surface area contributed by atoms with Crippen molar-refractivity contribution in [1.82, 2.24) is 10.2 Å². The maximum atomic E-state index is 12.1. The highest BCUT2D eigenvalue weighted by Gasteiger charge is 2.16. The summed E-state index contributed by atoms with van der Waals surface area (Å²) in [5, 5.41) is 6.74. The molecule has 0 aliphatic carbocycles. The lowest BCUT2D eigenvalue weighted by Gasteiger charge is -1.91. The van der Waals surface area contributed by atoms with Gasteiger partial charge in [0.05, 0.1) is 0 Å². The third-order valence-corrected chi connectivity index (χ3v) is 1.65. The fourth-order valence-electron chi connectivity index (χ4n) is 1.02. The van der Waals surface area contributed by atoms with Crippen LogP contribution in [0, 0.1) is 0 Å². The van der Waals surface area contributed by atoms with E-state index in [1.54, 1.807) is 24.3 Å². The highest BCUT2D eigenvalue weighted by Crippen LogP contribution is 2.22. The Hall–Kier alpha value is -1.78. The summed E-state index contributed by atoms with van der Waals surface area (Å²) in [5.74, 6) is -0.537. The number of benzene rings is 1. The SMILES string of the molecule is FC(F)c1nnc(-c2ccccc2)o1. The van der Waals surface area contributed by atoms with Gasteiger partial charge in [-0.05, 0) is 12.1 Å². The van der Waals surface area contributed by atoms with Crippen LogP contribution in [-0.4, -0.2) is 10.2 Å². The van der Waals surface area contributed by atoms with Crippen LogP contribution in [-0.2, 0) is 0 Å². The van der Waals surface area contributed by atoms with Gasteiger partial charge in [-0.25, -0.2) is 0 Å². The Kier molecular flexibility index (Phi) is 2.22. The molecule has 0 aliphatic rings. The average molecular weight is 196 g/mol. The molecular formula is C9H6F2N2O. The largest absolute Gasteiger partial charge is 0.415 e. The Morgan fingerprint density at radius 3 is 2.36 bits per heavy atom. The predicted molar refractivity (Wildman–Crippen MR) is 44.7 cm³/mol. The molecule has 0 radical (unpaired) electrons. The summed E-state index contributed by atoms with van der Waals surface area (Å²) in [6, 6.07) is 8.77. The Morgan fingerprint density at radius 2 is 1.79 bits per heavy atom. The summed E-state index contributed by atoms with van der Waals surface area (Å²) >= 11 is 0. The van der Waals surface area contributed by atoms with E-state index in [1.165, 1.54) is 0 Å². The maximum Gasteiger partial charge on any atom is 0.314 e. The van der Waals surface area contributed by atoms with E-state index >= 15 is 0 Å². The van der Waals surface area contributed by atoms with E-state index in [-0.39, 0.29) is 5.89 Å². The van der Waals surface area contributed by atoms with E-state index in [0.29, 0.717) is 5.56 Å². The van der Waals surface area contributed by atoms with Gasteiger partial charge in [0.2, 0.25) is 5.89 Å². The van der Waals surface area contributed by atoms with Crippen LogP contribution >= 0.6 is 0 Å². The van der Waals surface area contributed by atoms with Gasteiger partial charge >= 0.3 is 6.43 Å². The van der Waals surface area contributed by atoms with Crippen molar-refractivity contribution < 1.29 is 13.2 Å². The number of aromatic nitrogens is 2. The summed E-state index contributed by atoms with van der Waals surface area (Å²) in [6.07, 6.45) is -2.72. The van der Waals surface area contributed by atoms with Crippen molar-refractivity contribution in [2.75, 3.05) is 0 Å². The van der Waals surface area contributed by atoms with Gasteiger partial charge in [0.15, 0.2) is 0 Å². The van der Waals surface area contributed by atoms with Gasteiger partial charge in [-0.1, -0.05) is 18.2 Å². The molecule has 0 aliphatic heterocycles. The van der Waals surface area contributed by atoms with Crippen LogP contribution in [0.3, 0.4) is 0 Å².